The van der Waals surface area contributed by atoms with Crippen LogP contribution >= 0.6 is 11.6 Å². The van der Waals surface area contributed by atoms with Crippen LogP contribution in [0.5, 0.6) is 5.75 Å². The first-order chi connectivity index (χ1) is 13.3. The highest BCUT2D eigenvalue weighted by atomic mass is 35.5. The van der Waals surface area contributed by atoms with Crippen molar-refractivity contribution < 1.29 is 19.1 Å². The lowest BCUT2D eigenvalue weighted by molar-refractivity contribution is 0.0618. The lowest BCUT2D eigenvalue weighted by Gasteiger charge is -2.35. The molecule has 3 heterocycles. The van der Waals surface area contributed by atoms with Gasteiger partial charge in [0.15, 0.2) is 11.4 Å². The molecule has 2 aliphatic heterocycles. The summed E-state index contributed by atoms with van der Waals surface area (Å²) in [5.41, 5.74) is 1.81. The van der Waals surface area contributed by atoms with Gasteiger partial charge in [-0.3, -0.25) is 9.59 Å². The molecule has 1 aromatic carbocycles. The molecule has 0 bridgehead atoms. The van der Waals surface area contributed by atoms with Crippen LogP contribution in [-0.4, -0.2) is 50.4 Å². The highest BCUT2D eigenvalue weighted by Gasteiger charge is 2.40. The number of likely N-dealkylation sites (N-methyl/N-ethyl adjacent to an activating group) is 1. The van der Waals surface area contributed by atoms with Gasteiger partial charge in [0, 0.05) is 44.3 Å². The van der Waals surface area contributed by atoms with Gasteiger partial charge in [-0.15, -0.1) is 0 Å². The number of aromatic nitrogens is 1. The Bertz CT molecular complexity index is 988. The maximum atomic E-state index is 13.4. The van der Waals surface area contributed by atoms with Crippen molar-refractivity contribution in [2.24, 2.45) is 0 Å². The van der Waals surface area contributed by atoms with Crippen LogP contribution in [0, 0.1) is 5.82 Å². The predicted molar refractivity (Wildman–Crippen MR) is 102 cm³/mol. The summed E-state index contributed by atoms with van der Waals surface area (Å²) >= 11 is 5.84. The maximum absolute atomic E-state index is 13.4. The first kappa shape index (κ1) is 18.8. The van der Waals surface area contributed by atoms with Gasteiger partial charge in [0.1, 0.15) is 11.4 Å². The van der Waals surface area contributed by atoms with Gasteiger partial charge in [-0.25, -0.2) is 4.39 Å². The van der Waals surface area contributed by atoms with E-state index in [1.165, 1.54) is 12.1 Å². The van der Waals surface area contributed by atoms with E-state index in [1.807, 2.05) is 13.8 Å². The average molecular weight is 406 g/mol. The summed E-state index contributed by atoms with van der Waals surface area (Å²) in [6, 6.07) is 4.34. The fourth-order valence-corrected chi connectivity index (χ4v) is 4.42. The summed E-state index contributed by atoms with van der Waals surface area (Å²) in [5, 5.41) is 10.7. The highest BCUT2D eigenvalue weighted by Crippen LogP contribution is 2.37. The zero-order valence-electron chi connectivity index (χ0n) is 15.7. The number of aromatic hydroxyl groups is 1. The lowest BCUT2D eigenvalue weighted by atomic mass is 10.0. The fourth-order valence-electron chi connectivity index (χ4n) is 4.22. The van der Waals surface area contributed by atoms with E-state index in [9.17, 15) is 19.1 Å². The molecule has 0 spiro atoms. The normalized spacial score (nSPS) is 19.1. The minimum Gasteiger partial charge on any atom is -0.505 e. The summed E-state index contributed by atoms with van der Waals surface area (Å²) in [5.74, 6) is -1.33. The number of hydrogen-bond donors (Lipinski definition) is 1. The van der Waals surface area contributed by atoms with Crippen molar-refractivity contribution in [2.75, 3.05) is 13.1 Å². The molecule has 2 aromatic rings. The van der Waals surface area contributed by atoms with Gasteiger partial charge in [-0.2, -0.15) is 0 Å². The Balaban J connectivity index is 1.68. The van der Waals surface area contributed by atoms with E-state index in [-0.39, 0.29) is 46.4 Å². The SMILES string of the molecule is CCN1C(=O)c2c(O)c3c(n2CC1C)CCN(Cc1ccc(F)c(Cl)c1)C3=O. The molecule has 0 saturated carbocycles. The number of carbonyl (C=O) groups is 2. The topological polar surface area (TPSA) is 65.8 Å². The molecule has 0 radical (unpaired) electrons. The molecule has 1 N–H and O–H groups in total. The summed E-state index contributed by atoms with van der Waals surface area (Å²) in [6.07, 6.45) is 0.537. The van der Waals surface area contributed by atoms with Crippen molar-refractivity contribution in [3.63, 3.8) is 0 Å². The van der Waals surface area contributed by atoms with Crippen molar-refractivity contribution >= 4 is 23.4 Å². The molecule has 0 saturated heterocycles. The van der Waals surface area contributed by atoms with E-state index >= 15 is 0 Å². The second kappa shape index (κ2) is 6.81. The number of rotatable bonds is 3. The third-order valence-electron chi connectivity index (χ3n) is 5.61. The summed E-state index contributed by atoms with van der Waals surface area (Å²) < 4.78 is 15.2. The third-order valence-corrected chi connectivity index (χ3v) is 5.90. The van der Waals surface area contributed by atoms with Gasteiger partial charge in [0.25, 0.3) is 11.8 Å². The van der Waals surface area contributed by atoms with Gasteiger partial charge in [0.05, 0.1) is 5.02 Å². The Morgan fingerprint density at radius 2 is 2.04 bits per heavy atom. The monoisotopic (exact) mass is 405 g/mol. The molecule has 2 aliphatic rings. The quantitative estimate of drug-likeness (QED) is 0.853. The minimum atomic E-state index is -0.511. The van der Waals surface area contributed by atoms with Gasteiger partial charge < -0.3 is 19.5 Å². The van der Waals surface area contributed by atoms with Gasteiger partial charge >= 0.3 is 0 Å². The van der Waals surface area contributed by atoms with Crippen LogP contribution in [-0.2, 0) is 19.5 Å². The summed E-state index contributed by atoms with van der Waals surface area (Å²) in [7, 11) is 0. The van der Waals surface area contributed by atoms with Crippen molar-refractivity contribution in [1.29, 1.82) is 0 Å². The Morgan fingerprint density at radius 1 is 1.29 bits per heavy atom. The van der Waals surface area contributed by atoms with Gasteiger partial charge in [-0.1, -0.05) is 17.7 Å². The van der Waals surface area contributed by atoms with E-state index in [2.05, 4.69) is 0 Å². The third kappa shape index (κ3) is 2.76. The molecule has 148 valence electrons. The lowest BCUT2D eigenvalue weighted by Crippen LogP contribution is -2.46. The zero-order chi connectivity index (χ0) is 20.2. The molecule has 0 aliphatic carbocycles. The number of benzene rings is 1. The first-order valence-corrected chi connectivity index (χ1v) is 9.69. The second-order valence-electron chi connectivity index (χ2n) is 7.29. The summed E-state index contributed by atoms with van der Waals surface area (Å²) in [4.78, 5) is 29.2. The molecule has 2 amide bonds. The Kier molecular flexibility index (Phi) is 4.57. The molecule has 6 nitrogen and oxygen atoms in total. The van der Waals surface area contributed by atoms with Gasteiger partial charge in [0.2, 0.25) is 0 Å². The van der Waals surface area contributed by atoms with Crippen LogP contribution in [0.25, 0.3) is 0 Å². The molecule has 1 aromatic heterocycles. The number of amides is 2. The Morgan fingerprint density at radius 3 is 2.71 bits per heavy atom. The van der Waals surface area contributed by atoms with Crippen LogP contribution in [0.3, 0.4) is 0 Å². The van der Waals surface area contributed by atoms with E-state index in [1.54, 1.807) is 20.4 Å². The summed E-state index contributed by atoms with van der Waals surface area (Å²) in [6.45, 7) is 5.65. The van der Waals surface area contributed by atoms with Crippen molar-refractivity contribution in [1.82, 2.24) is 14.4 Å². The number of fused-ring (bicyclic) bond motifs is 3. The number of nitrogens with zero attached hydrogens (tertiary/aromatic N) is 3. The molecule has 8 heteroatoms. The second-order valence-corrected chi connectivity index (χ2v) is 7.70. The molecule has 4 rings (SSSR count). The first-order valence-electron chi connectivity index (χ1n) is 9.32. The molecular weight excluding hydrogens is 385 g/mol. The number of halogens is 2. The van der Waals surface area contributed by atoms with Crippen LogP contribution in [0.15, 0.2) is 18.2 Å². The van der Waals surface area contributed by atoms with Crippen LogP contribution in [0.4, 0.5) is 4.39 Å². The van der Waals surface area contributed by atoms with Gasteiger partial charge in [-0.05, 0) is 31.5 Å². The predicted octanol–water partition coefficient (Wildman–Crippen LogP) is 3.05. The largest absolute Gasteiger partial charge is 0.505 e. The van der Waals surface area contributed by atoms with Crippen molar-refractivity contribution in [3.8, 4) is 5.75 Å². The molecular formula is C20H21ClFN3O3. The zero-order valence-corrected chi connectivity index (χ0v) is 16.5. The van der Waals surface area contributed by atoms with Crippen molar-refractivity contribution in [2.45, 2.75) is 39.4 Å². The van der Waals surface area contributed by atoms with Crippen molar-refractivity contribution in [3.05, 3.63) is 51.6 Å². The molecule has 0 fully saturated rings. The van der Waals surface area contributed by atoms with E-state index in [0.29, 0.717) is 37.3 Å². The Hall–Kier alpha value is -2.54. The average Bonchev–Trinajstić information content (AvgIpc) is 2.93. The Labute approximate surface area is 167 Å². The number of hydrogen-bond acceptors (Lipinski definition) is 3. The van der Waals surface area contributed by atoms with E-state index < -0.39 is 5.82 Å². The van der Waals surface area contributed by atoms with Crippen LogP contribution < -0.4 is 0 Å². The molecule has 28 heavy (non-hydrogen) atoms. The highest BCUT2D eigenvalue weighted by molar-refractivity contribution is 6.30. The van der Waals surface area contributed by atoms with Crippen LogP contribution in [0.2, 0.25) is 5.02 Å². The standard InChI is InChI=1S/C20H21ClFN3O3/c1-3-24-11(2)9-25-15-6-7-23(10-12-4-5-14(22)13(21)8-12)19(27)16(15)18(26)17(25)20(24)28/h4-5,8,11,26H,3,6-7,9-10H2,1-2H3. The molecule has 1 atom stereocenters. The maximum Gasteiger partial charge on any atom is 0.274 e. The van der Waals surface area contributed by atoms with E-state index in [0.717, 1.165) is 0 Å². The minimum absolute atomic E-state index is 0.00377. The molecule has 1 unspecified atom stereocenters. The van der Waals surface area contributed by atoms with E-state index in [4.69, 9.17) is 11.6 Å². The smallest absolute Gasteiger partial charge is 0.274 e. The van der Waals surface area contributed by atoms with Crippen LogP contribution in [0.1, 0.15) is 46.0 Å². The number of carbonyl (C=O) groups excluding carboxylic acids is 2. The fraction of sp³-hybridized carbons (Fsp3) is 0.400.